The average molecular weight is 487 g/mol. The van der Waals surface area contributed by atoms with E-state index in [-0.39, 0.29) is 12.5 Å². The largest absolute Gasteiger partial charge is 0.480 e. The fourth-order valence-electron chi connectivity index (χ4n) is 3.78. The van der Waals surface area contributed by atoms with Gasteiger partial charge in [0.25, 0.3) is 5.91 Å². The predicted molar refractivity (Wildman–Crippen MR) is 135 cm³/mol. The Labute approximate surface area is 205 Å². The zero-order chi connectivity index (χ0) is 24.4. The van der Waals surface area contributed by atoms with Crippen LogP contribution in [0.3, 0.4) is 0 Å². The standard InChI is InChI=1S/C25H22N6O3S/c1-14-19-24(34-3)27-18(13-33-2)28-25(19)35-20(14)23(32)26-17-12-8-7-11-16(17)22-29-21(30-31-22)15-9-5-4-6-10-15/h4-12H,13H2,1-3H3,(H,26,32)(H,29,30,31). The quantitative estimate of drug-likeness (QED) is 0.338. The molecule has 3 heterocycles. The minimum absolute atomic E-state index is 0.250. The maximum Gasteiger partial charge on any atom is 0.266 e. The summed E-state index contributed by atoms with van der Waals surface area (Å²) in [6.45, 7) is 2.12. The highest BCUT2D eigenvalue weighted by Crippen LogP contribution is 2.36. The molecule has 5 aromatic rings. The van der Waals surface area contributed by atoms with Crippen LogP contribution >= 0.6 is 11.3 Å². The number of amides is 1. The number of ether oxygens (including phenoxy) is 2. The average Bonchev–Trinajstić information content (AvgIpc) is 3.50. The number of benzene rings is 2. The van der Waals surface area contributed by atoms with Gasteiger partial charge >= 0.3 is 0 Å². The molecule has 35 heavy (non-hydrogen) atoms. The maximum atomic E-state index is 13.4. The molecule has 0 fully saturated rings. The van der Waals surface area contributed by atoms with E-state index in [4.69, 9.17) is 9.47 Å². The fourth-order valence-corrected chi connectivity index (χ4v) is 4.86. The first-order valence-electron chi connectivity index (χ1n) is 10.8. The third kappa shape index (κ3) is 4.36. The molecular weight excluding hydrogens is 464 g/mol. The highest BCUT2D eigenvalue weighted by atomic mass is 32.1. The smallest absolute Gasteiger partial charge is 0.266 e. The molecule has 0 unspecified atom stereocenters. The molecule has 0 radical (unpaired) electrons. The molecule has 0 spiro atoms. The molecule has 0 atom stereocenters. The van der Waals surface area contributed by atoms with Crippen molar-refractivity contribution in [2.24, 2.45) is 0 Å². The topological polar surface area (TPSA) is 115 Å². The Morgan fingerprint density at radius 2 is 1.80 bits per heavy atom. The Hall–Kier alpha value is -4.15. The summed E-state index contributed by atoms with van der Waals surface area (Å²) in [5, 5.41) is 11.1. The molecule has 0 aliphatic carbocycles. The number of carbonyl (C=O) groups excluding carboxylic acids is 1. The molecule has 2 aromatic carbocycles. The summed E-state index contributed by atoms with van der Waals surface area (Å²) in [5.41, 5.74) is 3.00. The Morgan fingerprint density at radius 1 is 1.03 bits per heavy atom. The number of anilines is 1. The number of hydrogen-bond donors (Lipinski definition) is 2. The van der Waals surface area contributed by atoms with Crippen molar-refractivity contribution in [2.45, 2.75) is 13.5 Å². The van der Waals surface area contributed by atoms with E-state index in [0.29, 0.717) is 38.7 Å². The van der Waals surface area contributed by atoms with Gasteiger partial charge in [0.2, 0.25) is 5.88 Å². The van der Waals surface area contributed by atoms with E-state index in [1.807, 2.05) is 61.5 Å². The normalized spacial score (nSPS) is 11.1. The van der Waals surface area contributed by atoms with Crippen LogP contribution in [-0.2, 0) is 11.3 Å². The van der Waals surface area contributed by atoms with Crippen molar-refractivity contribution in [3.63, 3.8) is 0 Å². The van der Waals surface area contributed by atoms with Crippen LogP contribution < -0.4 is 10.1 Å². The van der Waals surface area contributed by atoms with Crippen LogP contribution in [0.2, 0.25) is 0 Å². The SMILES string of the molecule is COCc1nc(OC)c2c(C)c(C(=O)Nc3ccccc3-c3nc(-c4ccccc4)n[nH]3)sc2n1. The van der Waals surface area contributed by atoms with Crippen molar-refractivity contribution in [3.8, 4) is 28.7 Å². The van der Waals surface area contributed by atoms with E-state index < -0.39 is 0 Å². The van der Waals surface area contributed by atoms with E-state index in [0.717, 1.165) is 22.1 Å². The minimum atomic E-state index is -0.254. The minimum Gasteiger partial charge on any atom is -0.480 e. The van der Waals surface area contributed by atoms with Gasteiger partial charge in [-0.3, -0.25) is 9.89 Å². The number of hydrogen-bond acceptors (Lipinski definition) is 8. The first-order chi connectivity index (χ1) is 17.1. The summed E-state index contributed by atoms with van der Waals surface area (Å²) in [4.78, 5) is 28.1. The summed E-state index contributed by atoms with van der Waals surface area (Å²) >= 11 is 1.29. The van der Waals surface area contributed by atoms with Crippen LogP contribution in [0.1, 0.15) is 21.1 Å². The van der Waals surface area contributed by atoms with Crippen LogP contribution in [0.4, 0.5) is 5.69 Å². The molecule has 176 valence electrons. The number of nitrogens with one attached hydrogen (secondary N) is 2. The van der Waals surface area contributed by atoms with Crippen molar-refractivity contribution in [3.05, 3.63) is 70.9 Å². The molecular formula is C25H22N6O3S. The van der Waals surface area contributed by atoms with Crippen molar-refractivity contribution in [1.82, 2.24) is 25.1 Å². The van der Waals surface area contributed by atoms with E-state index in [1.165, 1.54) is 11.3 Å². The van der Waals surface area contributed by atoms with Crippen LogP contribution in [0, 0.1) is 6.92 Å². The number of rotatable bonds is 7. The summed E-state index contributed by atoms with van der Waals surface area (Å²) in [6, 6.07) is 17.2. The van der Waals surface area contributed by atoms with Gasteiger partial charge in [-0.2, -0.15) is 10.1 Å². The fraction of sp³-hybridized carbons (Fsp3) is 0.160. The number of aromatic amines is 1. The maximum absolute atomic E-state index is 13.4. The zero-order valence-electron chi connectivity index (χ0n) is 19.3. The summed E-state index contributed by atoms with van der Waals surface area (Å²) in [5.74, 6) is 1.81. The summed E-state index contributed by atoms with van der Waals surface area (Å²) in [6.07, 6.45) is 0. The monoisotopic (exact) mass is 486 g/mol. The first kappa shape index (κ1) is 22.6. The third-order valence-corrected chi connectivity index (χ3v) is 6.61. The summed E-state index contributed by atoms with van der Waals surface area (Å²) in [7, 11) is 3.12. The second-order valence-electron chi connectivity index (χ2n) is 7.69. The van der Waals surface area contributed by atoms with Crippen LogP contribution in [0.25, 0.3) is 33.0 Å². The summed E-state index contributed by atoms with van der Waals surface area (Å²) < 4.78 is 10.6. The van der Waals surface area contributed by atoms with E-state index >= 15 is 0 Å². The van der Waals surface area contributed by atoms with Gasteiger partial charge in [-0.1, -0.05) is 42.5 Å². The Balaban J connectivity index is 1.48. The number of thiophene rings is 1. The number of H-pyrrole nitrogens is 1. The lowest BCUT2D eigenvalue weighted by molar-refractivity contribution is 0.103. The number of methoxy groups -OCH3 is 2. The van der Waals surface area contributed by atoms with Gasteiger partial charge in [0.15, 0.2) is 17.5 Å². The van der Waals surface area contributed by atoms with Crippen LogP contribution in [0.5, 0.6) is 5.88 Å². The van der Waals surface area contributed by atoms with Crippen molar-refractivity contribution in [1.29, 1.82) is 0 Å². The highest BCUT2D eigenvalue weighted by Gasteiger charge is 2.22. The highest BCUT2D eigenvalue weighted by molar-refractivity contribution is 7.20. The molecule has 2 N–H and O–H groups in total. The lowest BCUT2D eigenvalue weighted by Gasteiger charge is -2.09. The Kier molecular flexibility index (Phi) is 6.21. The van der Waals surface area contributed by atoms with Gasteiger partial charge in [0, 0.05) is 18.2 Å². The molecule has 0 saturated carbocycles. The molecule has 1 amide bonds. The number of para-hydroxylation sites is 1. The molecule has 0 bridgehead atoms. The van der Waals surface area contributed by atoms with Gasteiger partial charge in [-0.05, 0) is 24.6 Å². The number of fused-ring (bicyclic) bond motifs is 1. The zero-order valence-corrected chi connectivity index (χ0v) is 20.1. The lowest BCUT2D eigenvalue weighted by atomic mass is 10.1. The van der Waals surface area contributed by atoms with E-state index in [9.17, 15) is 4.79 Å². The molecule has 3 aromatic heterocycles. The molecule has 5 rings (SSSR count). The third-order valence-electron chi connectivity index (χ3n) is 5.42. The molecule has 0 aliphatic heterocycles. The number of aryl methyl sites for hydroxylation is 1. The van der Waals surface area contributed by atoms with Gasteiger partial charge in [0.1, 0.15) is 11.4 Å². The van der Waals surface area contributed by atoms with Crippen molar-refractivity contribution >= 4 is 33.1 Å². The second-order valence-corrected chi connectivity index (χ2v) is 8.69. The molecule has 9 nitrogen and oxygen atoms in total. The molecule has 0 aliphatic rings. The van der Waals surface area contributed by atoms with Crippen LogP contribution in [0.15, 0.2) is 54.6 Å². The van der Waals surface area contributed by atoms with Crippen LogP contribution in [-0.4, -0.2) is 45.3 Å². The lowest BCUT2D eigenvalue weighted by Crippen LogP contribution is -2.12. The van der Waals surface area contributed by atoms with E-state index in [2.05, 4.69) is 30.5 Å². The van der Waals surface area contributed by atoms with Gasteiger partial charge in [-0.25, -0.2) is 9.97 Å². The van der Waals surface area contributed by atoms with E-state index in [1.54, 1.807) is 14.2 Å². The predicted octanol–water partition coefficient (Wildman–Crippen LogP) is 4.86. The number of aromatic nitrogens is 5. The Bertz CT molecular complexity index is 1510. The second kappa shape index (κ2) is 9.61. The van der Waals surface area contributed by atoms with Crippen molar-refractivity contribution < 1.29 is 14.3 Å². The first-order valence-corrected chi connectivity index (χ1v) is 11.6. The molecule has 10 heteroatoms. The molecule has 0 saturated heterocycles. The van der Waals surface area contributed by atoms with Gasteiger partial charge in [-0.15, -0.1) is 11.3 Å². The Morgan fingerprint density at radius 3 is 2.57 bits per heavy atom. The van der Waals surface area contributed by atoms with Gasteiger partial charge < -0.3 is 14.8 Å². The number of nitrogens with zero attached hydrogens (tertiary/aromatic N) is 4. The van der Waals surface area contributed by atoms with Crippen molar-refractivity contribution in [2.75, 3.05) is 19.5 Å². The number of carbonyl (C=O) groups is 1. The van der Waals surface area contributed by atoms with Gasteiger partial charge in [0.05, 0.1) is 23.1 Å².